The van der Waals surface area contributed by atoms with Crippen LogP contribution >= 0.6 is 0 Å². The van der Waals surface area contributed by atoms with Crippen LogP contribution in [-0.4, -0.2) is 5.78 Å². The summed E-state index contributed by atoms with van der Waals surface area (Å²) in [6.45, 7) is 2.28. The van der Waals surface area contributed by atoms with Crippen LogP contribution in [0, 0.1) is 17.8 Å². The summed E-state index contributed by atoms with van der Waals surface area (Å²) in [6.07, 6.45) is 8.58. The summed E-state index contributed by atoms with van der Waals surface area (Å²) in [4.78, 5) is 12.0. The van der Waals surface area contributed by atoms with Crippen LogP contribution in [0.4, 0.5) is 0 Å². The average molecular weight is 180 g/mol. The van der Waals surface area contributed by atoms with Crippen LogP contribution in [0.1, 0.15) is 51.9 Å². The molecular formula is C12H20O. The highest BCUT2D eigenvalue weighted by molar-refractivity contribution is 5.83. The summed E-state index contributed by atoms with van der Waals surface area (Å²) in [7, 11) is 0. The van der Waals surface area contributed by atoms with Gasteiger partial charge in [-0.25, -0.2) is 0 Å². The molecule has 0 amide bonds. The first kappa shape index (κ1) is 9.23. The average Bonchev–Trinajstić information content (AvgIpc) is 2.72. The number of rotatable bonds is 2. The third kappa shape index (κ3) is 1.95. The predicted molar refractivity (Wildman–Crippen MR) is 53.5 cm³/mol. The number of Topliss-reactive ketones (excluding diaryl/α,β-unsaturated/α-hetero) is 1. The molecular weight excluding hydrogens is 160 g/mol. The molecule has 2 aliphatic rings. The van der Waals surface area contributed by atoms with Gasteiger partial charge in [-0.15, -0.1) is 0 Å². The number of hydrogen-bond acceptors (Lipinski definition) is 1. The van der Waals surface area contributed by atoms with Gasteiger partial charge in [-0.05, 0) is 38.0 Å². The fraction of sp³-hybridized carbons (Fsp3) is 0.917. The van der Waals surface area contributed by atoms with Gasteiger partial charge in [0.05, 0.1) is 0 Å². The molecule has 2 aliphatic carbocycles. The smallest absolute Gasteiger partial charge is 0.139 e. The van der Waals surface area contributed by atoms with Gasteiger partial charge in [0.1, 0.15) is 5.78 Å². The van der Waals surface area contributed by atoms with E-state index in [1.165, 1.54) is 44.9 Å². The van der Waals surface area contributed by atoms with Gasteiger partial charge in [0.25, 0.3) is 0 Å². The van der Waals surface area contributed by atoms with Gasteiger partial charge < -0.3 is 0 Å². The minimum Gasteiger partial charge on any atom is -0.299 e. The normalized spacial score (nSPS) is 35.5. The predicted octanol–water partition coefficient (Wildman–Crippen LogP) is 3.18. The maximum Gasteiger partial charge on any atom is 0.139 e. The van der Waals surface area contributed by atoms with Crippen molar-refractivity contribution < 1.29 is 4.79 Å². The lowest BCUT2D eigenvalue weighted by Gasteiger charge is -2.13. The zero-order valence-electron chi connectivity index (χ0n) is 8.59. The van der Waals surface area contributed by atoms with Crippen LogP contribution in [0.25, 0.3) is 0 Å². The number of hydrogen-bond donors (Lipinski definition) is 0. The van der Waals surface area contributed by atoms with E-state index in [1.807, 2.05) is 0 Å². The third-order valence-corrected chi connectivity index (χ3v) is 3.85. The SMILES string of the molecule is CC1CCC(C(=O)C2CCCC2)C1. The summed E-state index contributed by atoms with van der Waals surface area (Å²) in [5.74, 6) is 2.31. The summed E-state index contributed by atoms with van der Waals surface area (Å²) in [6, 6.07) is 0. The van der Waals surface area contributed by atoms with E-state index in [9.17, 15) is 4.79 Å². The van der Waals surface area contributed by atoms with Crippen molar-refractivity contribution in [2.45, 2.75) is 51.9 Å². The monoisotopic (exact) mass is 180 g/mol. The second-order valence-electron chi connectivity index (χ2n) is 5.00. The summed E-state index contributed by atoms with van der Waals surface area (Å²) in [5, 5.41) is 0. The zero-order chi connectivity index (χ0) is 9.26. The first-order valence-electron chi connectivity index (χ1n) is 5.81. The van der Waals surface area contributed by atoms with Crippen LogP contribution < -0.4 is 0 Å². The van der Waals surface area contributed by atoms with Crippen molar-refractivity contribution in [2.75, 3.05) is 0 Å². The molecule has 0 aliphatic heterocycles. The molecule has 1 nitrogen and oxygen atoms in total. The molecule has 2 atom stereocenters. The highest BCUT2D eigenvalue weighted by atomic mass is 16.1. The molecule has 0 aromatic rings. The van der Waals surface area contributed by atoms with Crippen molar-refractivity contribution in [1.82, 2.24) is 0 Å². The van der Waals surface area contributed by atoms with Gasteiger partial charge in [0.15, 0.2) is 0 Å². The van der Waals surface area contributed by atoms with Crippen molar-refractivity contribution in [2.24, 2.45) is 17.8 Å². The quantitative estimate of drug-likeness (QED) is 0.638. The lowest BCUT2D eigenvalue weighted by Crippen LogP contribution is -2.19. The zero-order valence-corrected chi connectivity index (χ0v) is 8.59. The lowest BCUT2D eigenvalue weighted by atomic mass is 9.90. The van der Waals surface area contributed by atoms with Crippen molar-refractivity contribution in [3.63, 3.8) is 0 Å². The van der Waals surface area contributed by atoms with E-state index in [-0.39, 0.29) is 0 Å². The maximum atomic E-state index is 12.0. The molecule has 0 N–H and O–H groups in total. The largest absolute Gasteiger partial charge is 0.299 e. The number of carbonyl (C=O) groups is 1. The van der Waals surface area contributed by atoms with E-state index in [0.717, 1.165) is 5.92 Å². The minimum atomic E-state index is 0.443. The Morgan fingerprint density at radius 1 is 1.00 bits per heavy atom. The van der Waals surface area contributed by atoms with Gasteiger partial charge in [-0.1, -0.05) is 19.8 Å². The fourth-order valence-corrected chi connectivity index (χ4v) is 3.01. The summed E-state index contributed by atoms with van der Waals surface area (Å²) < 4.78 is 0. The molecule has 2 fully saturated rings. The third-order valence-electron chi connectivity index (χ3n) is 3.85. The van der Waals surface area contributed by atoms with Crippen molar-refractivity contribution >= 4 is 5.78 Å². The Balaban J connectivity index is 1.89. The van der Waals surface area contributed by atoms with E-state index in [2.05, 4.69) is 6.92 Å². The molecule has 0 radical (unpaired) electrons. The molecule has 0 aromatic carbocycles. The van der Waals surface area contributed by atoms with Gasteiger partial charge in [0, 0.05) is 11.8 Å². The molecule has 2 saturated carbocycles. The van der Waals surface area contributed by atoms with Crippen molar-refractivity contribution in [1.29, 1.82) is 0 Å². The Morgan fingerprint density at radius 2 is 1.69 bits per heavy atom. The highest BCUT2D eigenvalue weighted by Crippen LogP contribution is 2.36. The van der Waals surface area contributed by atoms with E-state index >= 15 is 0 Å². The molecule has 2 unspecified atom stereocenters. The van der Waals surface area contributed by atoms with E-state index < -0.39 is 0 Å². The molecule has 0 spiro atoms. The molecule has 74 valence electrons. The summed E-state index contributed by atoms with van der Waals surface area (Å²) >= 11 is 0. The summed E-state index contributed by atoms with van der Waals surface area (Å²) in [5.41, 5.74) is 0. The Morgan fingerprint density at radius 3 is 2.23 bits per heavy atom. The number of ketones is 1. The van der Waals surface area contributed by atoms with Crippen molar-refractivity contribution in [3.8, 4) is 0 Å². The van der Waals surface area contributed by atoms with E-state index in [1.54, 1.807) is 0 Å². The lowest BCUT2D eigenvalue weighted by molar-refractivity contribution is -0.126. The van der Waals surface area contributed by atoms with Crippen LogP contribution in [0.15, 0.2) is 0 Å². The van der Waals surface area contributed by atoms with Gasteiger partial charge in [-0.3, -0.25) is 4.79 Å². The molecule has 1 heteroatoms. The second kappa shape index (κ2) is 3.81. The topological polar surface area (TPSA) is 17.1 Å². The van der Waals surface area contributed by atoms with Crippen LogP contribution in [0.5, 0.6) is 0 Å². The fourth-order valence-electron chi connectivity index (χ4n) is 3.01. The Kier molecular flexibility index (Phi) is 2.71. The van der Waals surface area contributed by atoms with Crippen molar-refractivity contribution in [3.05, 3.63) is 0 Å². The van der Waals surface area contributed by atoms with Crippen LogP contribution in [0.3, 0.4) is 0 Å². The maximum absolute atomic E-state index is 12.0. The second-order valence-corrected chi connectivity index (χ2v) is 5.00. The van der Waals surface area contributed by atoms with E-state index in [0.29, 0.717) is 17.6 Å². The van der Waals surface area contributed by atoms with E-state index in [4.69, 9.17) is 0 Å². The minimum absolute atomic E-state index is 0.443. The molecule has 13 heavy (non-hydrogen) atoms. The molecule has 0 aromatic heterocycles. The Bertz CT molecular complexity index is 191. The first-order chi connectivity index (χ1) is 6.27. The standard InChI is InChI=1S/C12H20O/c1-9-6-7-11(8-9)12(13)10-4-2-3-5-10/h9-11H,2-8H2,1H3. The van der Waals surface area contributed by atoms with Gasteiger partial charge in [0.2, 0.25) is 0 Å². The number of carbonyl (C=O) groups excluding carboxylic acids is 1. The highest BCUT2D eigenvalue weighted by Gasteiger charge is 2.33. The molecule has 0 bridgehead atoms. The van der Waals surface area contributed by atoms with Crippen LogP contribution in [0.2, 0.25) is 0 Å². The Hall–Kier alpha value is -0.330. The Labute approximate surface area is 80.9 Å². The van der Waals surface area contributed by atoms with Gasteiger partial charge >= 0.3 is 0 Å². The van der Waals surface area contributed by atoms with Gasteiger partial charge in [-0.2, -0.15) is 0 Å². The first-order valence-corrected chi connectivity index (χ1v) is 5.81. The molecule has 2 rings (SSSR count). The molecule has 0 heterocycles. The van der Waals surface area contributed by atoms with Crippen LogP contribution in [-0.2, 0) is 4.79 Å². The molecule has 0 saturated heterocycles.